The maximum absolute atomic E-state index is 12.7. The van der Waals surface area contributed by atoms with E-state index in [4.69, 9.17) is 4.74 Å². The molecule has 2 aliphatic rings. The van der Waals surface area contributed by atoms with Crippen molar-refractivity contribution in [3.05, 3.63) is 23.3 Å². The zero-order valence-corrected chi connectivity index (χ0v) is 12.8. The molecule has 5 N–H and O–H groups in total. The Labute approximate surface area is 132 Å². The molecule has 1 saturated carbocycles. The number of hydrogen-bond donors (Lipinski definition) is 5. The molecule has 3 rings (SSSR count). The van der Waals surface area contributed by atoms with Crippen LogP contribution in [-0.2, 0) is 0 Å². The average molecular weight is 324 g/mol. The fraction of sp³-hybridized carbons (Fsp3) is 0.562. The SMILES string of the molecule is COc1cc(O)c2c(c1)[C@H](O)[C@@H]1[C@H](C[C@@H](O)[C@@](C)(O)[C@@H]1O)C2=O. The number of aliphatic hydroxyl groups excluding tert-OH is 3. The van der Waals surface area contributed by atoms with Crippen LogP contribution in [0.1, 0.15) is 35.4 Å². The summed E-state index contributed by atoms with van der Waals surface area (Å²) in [4.78, 5) is 12.7. The Morgan fingerprint density at radius 2 is 1.91 bits per heavy atom. The normalized spacial score (nSPS) is 39.6. The Balaban J connectivity index is 2.15. The van der Waals surface area contributed by atoms with Gasteiger partial charge in [0.2, 0.25) is 0 Å². The third kappa shape index (κ3) is 2.15. The third-order valence-electron chi connectivity index (χ3n) is 5.20. The van der Waals surface area contributed by atoms with Crippen molar-refractivity contribution in [1.29, 1.82) is 0 Å². The molecule has 0 bridgehead atoms. The first-order valence-electron chi connectivity index (χ1n) is 7.41. The number of fused-ring (bicyclic) bond motifs is 2. The van der Waals surface area contributed by atoms with Crippen LogP contribution >= 0.6 is 0 Å². The van der Waals surface area contributed by atoms with Crippen molar-refractivity contribution in [1.82, 2.24) is 0 Å². The highest BCUT2D eigenvalue weighted by Gasteiger charge is 2.57. The molecule has 7 heteroatoms. The average Bonchev–Trinajstić information content (AvgIpc) is 2.49. The predicted molar refractivity (Wildman–Crippen MR) is 78.2 cm³/mol. The van der Waals surface area contributed by atoms with E-state index in [1.807, 2.05) is 0 Å². The number of aliphatic hydroxyl groups is 4. The van der Waals surface area contributed by atoms with Crippen LogP contribution in [0, 0.1) is 11.8 Å². The monoisotopic (exact) mass is 324 g/mol. The number of methoxy groups -OCH3 is 1. The molecule has 23 heavy (non-hydrogen) atoms. The smallest absolute Gasteiger partial charge is 0.170 e. The lowest BCUT2D eigenvalue weighted by atomic mass is 9.60. The van der Waals surface area contributed by atoms with E-state index in [0.717, 1.165) is 0 Å². The molecule has 1 aromatic rings. The molecule has 7 nitrogen and oxygen atoms in total. The number of ether oxygens (including phenoxy) is 1. The van der Waals surface area contributed by atoms with Gasteiger partial charge < -0.3 is 30.3 Å². The summed E-state index contributed by atoms with van der Waals surface area (Å²) in [7, 11) is 1.39. The summed E-state index contributed by atoms with van der Waals surface area (Å²) in [6, 6.07) is 2.70. The van der Waals surface area contributed by atoms with Gasteiger partial charge in [-0.1, -0.05) is 0 Å². The van der Waals surface area contributed by atoms with Crippen LogP contribution in [0.25, 0.3) is 0 Å². The van der Waals surface area contributed by atoms with Gasteiger partial charge in [-0.25, -0.2) is 0 Å². The van der Waals surface area contributed by atoms with Gasteiger partial charge in [-0.15, -0.1) is 0 Å². The number of rotatable bonds is 1. The third-order valence-corrected chi connectivity index (χ3v) is 5.20. The minimum atomic E-state index is -1.83. The van der Waals surface area contributed by atoms with Crippen molar-refractivity contribution >= 4 is 5.78 Å². The van der Waals surface area contributed by atoms with E-state index in [0.29, 0.717) is 0 Å². The summed E-state index contributed by atoms with van der Waals surface area (Å²) >= 11 is 0. The number of benzene rings is 1. The summed E-state index contributed by atoms with van der Waals surface area (Å²) < 4.78 is 5.03. The summed E-state index contributed by atoms with van der Waals surface area (Å²) in [6.45, 7) is 1.27. The van der Waals surface area contributed by atoms with Crippen LogP contribution < -0.4 is 4.74 Å². The maximum atomic E-state index is 12.7. The fourth-order valence-electron chi connectivity index (χ4n) is 3.75. The Hall–Kier alpha value is -1.67. The molecule has 0 heterocycles. The Morgan fingerprint density at radius 3 is 2.52 bits per heavy atom. The Bertz CT molecular complexity index is 654. The first-order valence-corrected chi connectivity index (χ1v) is 7.41. The molecular formula is C16H20O7. The summed E-state index contributed by atoms with van der Waals surface area (Å²) in [5.74, 6) is -2.38. The molecule has 0 unspecified atom stereocenters. The molecular weight excluding hydrogens is 304 g/mol. The molecule has 6 atom stereocenters. The van der Waals surface area contributed by atoms with Crippen molar-refractivity contribution in [2.75, 3.05) is 7.11 Å². The molecule has 1 aromatic carbocycles. The Morgan fingerprint density at radius 1 is 1.26 bits per heavy atom. The highest BCUT2D eigenvalue weighted by molar-refractivity contribution is 6.03. The molecule has 126 valence electrons. The molecule has 0 spiro atoms. The fourth-order valence-corrected chi connectivity index (χ4v) is 3.75. The summed E-state index contributed by atoms with van der Waals surface area (Å²) in [6.07, 6.45) is -4.17. The van der Waals surface area contributed by atoms with Gasteiger partial charge in [0, 0.05) is 17.9 Å². The van der Waals surface area contributed by atoms with Crippen molar-refractivity contribution < 1.29 is 35.1 Å². The zero-order chi connectivity index (χ0) is 17.1. The van der Waals surface area contributed by atoms with Crippen LogP contribution in [0.15, 0.2) is 12.1 Å². The number of phenolic OH excluding ortho intramolecular Hbond substituents is 1. The molecule has 0 amide bonds. The van der Waals surface area contributed by atoms with Crippen LogP contribution in [0.5, 0.6) is 11.5 Å². The number of hydrogen-bond acceptors (Lipinski definition) is 7. The zero-order valence-electron chi connectivity index (χ0n) is 12.8. The van der Waals surface area contributed by atoms with Gasteiger partial charge in [0.25, 0.3) is 0 Å². The van der Waals surface area contributed by atoms with E-state index in [1.165, 1.54) is 26.2 Å². The van der Waals surface area contributed by atoms with Gasteiger partial charge in [-0.3, -0.25) is 4.79 Å². The van der Waals surface area contributed by atoms with Crippen LogP contribution in [0.2, 0.25) is 0 Å². The first-order chi connectivity index (χ1) is 10.7. The number of aromatic hydroxyl groups is 1. The number of ketones is 1. The van der Waals surface area contributed by atoms with E-state index in [2.05, 4.69) is 0 Å². The predicted octanol–water partition coefficient (Wildman–Crippen LogP) is -0.261. The quantitative estimate of drug-likeness (QED) is 0.481. The van der Waals surface area contributed by atoms with Crippen LogP contribution in [-0.4, -0.2) is 56.2 Å². The van der Waals surface area contributed by atoms with E-state index in [1.54, 1.807) is 0 Å². The van der Waals surface area contributed by atoms with Gasteiger partial charge >= 0.3 is 0 Å². The molecule has 2 aliphatic carbocycles. The Kier molecular flexibility index (Phi) is 3.64. The number of carbonyl (C=O) groups excluding carboxylic acids is 1. The van der Waals surface area contributed by atoms with Crippen molar-refractivity contribution in [2.45, 2.75) is 37.3 Å². The van der Waals surface area contributed by atoms with E-state index >= 15 is 0 Å². The second-order valence-corrected chi connectivity index (χ2v) is 6.53. The van der Waals surface area contributed by atoms with Gasteiger partial charge in [0.1, 0.15) is 17.1 Å². The topological polar surface area (TPSA) is 127 Å². The van der Waals surface area contributed by atoms with E-state index in [9.17, 15) is 30.3 Å². The van der Waals surface area contributed by atoms with Crippen molar-refractivity contribution in [3.63, 3.8) is 0 Å². The highest BCUT2D eigenvalue weighted by atomic mass is 16.5. The van der Waals surface area contributed by atoms with Gasteiger partial charge in [0.15, 0.2) is 5.78 Å². The second-order valence-electron chi connectivity index (χ2n) is 6.53. The minimum absolute atomic E-state index is 0.0273. The second kappa shape index (κ2) is 5.17. The number of phenols is 1. The number of carbonyl (C=O) groups is 1. The molecule has 0 radical (unpaired) electrons. The lowest BCUT2D eigenvalue weighted by Gasteiger charge is -2.50. The maximum Gasteiger partial charge on any atom is 0.170 e. The van der Waals surface area contributed by atoms with Crippen LogP contribution in [0.3, 0.4) is 0 Å². The van der Waals surface area contributed by atoms with Gasteiger partial charge in [0.05, 0.1) is 31.0 Å². The molecule has 0 aliphatic heterocycles. The highest BCUT2D eigenvalue weighted by Crippen LogP contribution is 2.50. The minimum Gasteiger partial charge on any atom is -0.507 e. The summed E-state index contributed by atoms with van der Waals surface area (Å²) in [5.41, 5.74) is -1.71. The van der Waals surface area contributed by atoms with Crippen LogP contribution in [0.4, 0.5) is 0 Å². The largest absolute Gasteiger partial charge is 0.507 e. The lowest BCUT2D eigenvalue weighted by molar-refractivity contribution is -0.203. The molecule has 0 aromatic heterocycles. The molecule has 1 fully saturated rings. The van der Waals surface area contributed by atoms with E-state index in [-0.39, 0.29) is 29.0 Å². The standard InChI is InChI=1S/C16H20O7/c1-16(22)10(18)5-8-12(15(16)21)14(20)7-3-6(23-2)4-9(17)11(7)13(8)19/h3-4,8,10,12,14-15,17-18,20-22H,5H2,1-2H3/t8-,10+,12-,14-,15+,16+/m0/s1. The molecule has 0 saturated heterocycles. The van der Waals surface area contributed by atoms with Gasteiger partial charge in [-0.2, -0.15) is 0 Å². The summed E-state index contributed by atoms with van der Waals surface area (Å²) in [5, 5.41) is 51.4. The van der Waals surface area contributed by atoms with Crippen molar-refractivity contribution in [3.8, 4) is 11.5 Å². The first kappa shape index (κ1) is 16.2. The van der Waals surface area contributed by atoms with E-state index < -0.39 is 41.5 Å². The van der Waals surface area contributed by atoms with Crippen molar-refractivity contribution in [2.24, 2.45) is 11.8 Å². The van der Waals surface area contributed by atoms with Gasteiger partial charge in [-0.05, 0) is 25.0 Å². The lowest BCUT2D eigenvalue weighted by Crippen LogP contribution is -2.62. The number of Topliss-reactive ketones (excluding diaryl/α,β-unsaturated/α-hetero) is 1.